The molecule has 160 valence electrons. The third-order valence-corrected chi connectivity index (χ3v) is 6.23. The molecule has 3 N–H and O–H groups in total. The maximum Gasteiger partial charge on any atom is 0.317 e. The van der Waals surface area contributed by atoms with Gasteiger partial charge in [-0.2, -0.15) is 0 Å². The van der Waals surface area contributed by atoms with E-state index in [0.29, 0.717) is 25.3 Å². The quantitative estimate of drug-likeness (QED) is 0.673. The van der Waals surface area contributed by atoms with Crippen molar-refractivity contribution in [2.45, 2.75) is 50.8 Å². The number of nitrogens with one attached hydrogen (secondary N) is 2. The fraction of sp³-hybridized carbons (Fsp3) is 0.600. The zero-order chi connectivity index (χ0) is 21.3. The monoisotopic (exact) mass is 427 g/mol. The van der Waals surface area contributed by atoms with Gasteiger partial charge in [0.2, 0.25) is 5.91 Å². The predicted octanol–water partition coefficient (Wildman–Crippen LogP) is 2.61. The number of carbonyl (C=O) groups excluding carboxylic acids is 2. The molecule has 0 spiro atoms. The molecule has 1 unspecified atom stereocenters. The third kappa shape index (κ3) is 4.43. The van der Waals surface area contributed by atoms with Gasteiger partial charge in [-0.3, -0.25) is 4.79 Å². The number of nitrogens with zero attached hydrogens (tertiary/aromatic N) is 1. The molecule has 0 aliphatic carbocycles. The van der Waals surface area contributed by atoms with Gasteiger partial charge in [0.1, 0.15) is 11.6 Å². The van der Waals surface area contributed by atoms with Crippen LogP contribution >= 0.6 is 11.6 Å². The number of hydrogen-bond acceptors (Lipinski definition) is 4. The SMILES string of the molecule is COc1cc(F)c(Cl)cc1C1CCN(C(=O)[C@@H](C)C[C@@]2(C)NC(=O)NC2O)CC1. The van der Waals surface area contributed by atoms with Crippen molar-refractivity contribution < 1.29 is 23.8 Å². The number of halogens is 2. The highest BCUT2D eigenvalue weighted by molar-refractivity contribution is 6.30. The summed E-state index contributed by atoms with van der Waals surface area (Å²) in [5.74, 6) is -0.294. The Morgan fingerprint density at radius 1 is 1.45 bits per heavy atom. The Morgan fingerprint density at radius 3 is 2.66 bits per heavy atom. The van der Waals surface area contributed by atoms with E-state index in [9.17, 15) is 19.1 Å². The van der Waals surface area contributed by atoms with Gasteiger partial charge in [-0.15, -0.1) is 0 Å². The Hall–Kier alpha value is -2.06. The van der Waals surface area contributed by atoms with Crippen LogP contribution in [-0.2, 0) is 4.79 Å². The van der Waals surface area contributed by atoms with Crippen molar-refractivity contribution in [2.24, 2.45) is 5.92 Å². The molecule has 0 radical (unpaired) electrons. The second-order valence-electron chi connectivity index (χ2n) is 8.13. The van der Waals surface area contributed by atoms with Crippen molar-refractivity contribution in [3.8, 4) is 5.75 Å². The van der Waals surface area contributed by atoms with Gasteiger partial charge in [-0.25, -0.2) is 9.18 Å². The van der Waals surface area contributed by atoms with Crippen LogP contribution in [0.4, 0.5) is 9.18 Å². The first-order chi connectivity index (χ1) is 13.6. The number of aliphatic hydroxyl groups is 1. The van der Waals surface area contributed by atoms with E-state index >= 15 is 0 Å². The van der Waals surface area contributed by atoms with Gasteiger partial charge in [0, 0.05) is 25.1 Å². The third-order valence-electron chi connectivity index (χ3n) is 5.94. The number of benzene rings is 1. The van der Waals surface area contributed by atoms with Crippen LogP contribution in [0.5, 0.6) is 5.75 Å². The average Bonchev–Trinajstić information content (AvgIpc) is 2.94. The number of piperidine rings is 1. The summed E-state index contributed by atoms with van der Waals surface area (Å²) in [7, 11) is 1.50. The highest BCUT2D eigenvalue weighted by Gasteiger charge is 2.44. The van der Waals surface area contributed by atoms with E-state index in [1.165, 1.54) is 13.2 Å². The zero-order valence-electron chi connectivity index (χ0n) is 16.8. The van der Waals surface area contributed by atoms with Crippen molar-refractivity contribution in [1.29, 1.82) is 0 Å². The summed E-state index contributed by atoms with van der Waals surface area (Å²) in [6, 6.07) is 2.47. The second kappa shape index (κ2) is 8.36. The minimum absolute atomic E-state index is 0.0119. The smallest absolute Gasteiger partial charge is 0.317 e. The molecular weight excluding hydrogens is 401 g/mol. The number of amides is 3. The van der Waals surface area contributed by atoms with Gasteiger partial charge in [0.15, 0.2) is 6.23 Å². The molecule has 2 aliphatic heterocycles. The maximum absolute atomic E-state index is 13.7. The summed E-state index contributed by atoms with van der Waals surface area (Å²) in [5, 5.41) is 15.2. The fourth-order valence-electron chi connectivity index (χ4n) is 4.30. The Bertz CT molecular complexity index is 800. The Morgan fingerprint density at radius 2 is 2.10 bits per heavy atom. The number of urea groups is 1. The molecule has 3 amide bonds. The number of rotatable bonds is 5. The van der Waals surface area contributed by atoms with Crippen LogP contribution in [0.15, 0.2) is 12.1 Å². The molecule has 29 heavy (non-hydrogen) atoms. The van der Waals surface area contributed by atoms with Gasteiger partial charge < -0.3 is 25.4 Å². The Balaban J connectivity index is 1.61. The van der Waals surface area contributed by atoms with Gasteiger partial charge in [-0.05, 0) is 43.7 Å². The lowest BCUT2D eigenvalue weighted by atomic mass is 9.86. The van der Waals surface area contributed by atoms with E-state index < -0.39 is 23.6 Å². The molecule has 1 aromatic carbocycles. The van der Waals surface area contributed by atoms with Gasteiger partial charge in [0.05, 0.1) is 17.7 Å². The standard InChI is InChI=1S/C20H27ClFN3O4/c1-11(10-20(2)18(27)23-19(28)24-20)17(26)25-6-4-12(5-7-25)13-8-14(21)15(22)9-16(13)29-3/h8-9,11-12,18,27H,4-7,10H2,1-3H3,(H2,23,24,28)/t11-,18?,20+/m0/s1. The van der Waals surface area contributed by atoms with E-state index in [2.05, 4.69) is 10.6 Å². The average molecular weight is 428 g/mol. The van der Waals surface area contributed by atoms with E-state index in [1.807, 2.05) is 0 Å². The summed E-state index contributed by atoms with van der Waals surface area (Å²) in [6.07, 6.45) is 0.725. The van der Waals surface area contributed by atoms with Crippen LogP contribution in [0.3, 0.4) is 0 Å². The van der Waals surface area contributed by atoms with E-state index in [4.69, 9.17) is 16.3 Å². The first-order valence-electron chi connectivity index (χ1n) is 9.73. The normalized spacial score (nSPS) is 26.1. The summed E-state index contributed by atoms with van der Waals surface area (Å²) in [6.45, 7) is 4.65. The summed E-state index contributed by atoms with van der Waals surface area (Å²) in [5.41, 5.74) is -0.0303. The molecule has 1 aromatic rings. The van der Waals surface area contributed by atoms with Crippen molar-refractivity contribution in [3.63, 3.8) is 0 Å². The van der Waals surface area contributed by atoms with Crippen LogP contribution < -0.4 is 15.4 Å². The number of likely N-dealkylation sites (tertiary alicyclic amines) is 1. The number of ether oxygens (including phenoxy) is 1. The number of aliphatic hydroxyl groups excluding tert-OH is 1. The van der Waals surface area contributed by atoms with E-state index in [0.717, 1.165) is 18.4 Å². The Kier molecular flexibility index (Phi) is 6.24. The van der Waals surface area contributed by atoms with Crippen LogP contribution in [0, 0.1) is 11.7 Å². The lowest BCUT2D eigenvalue weighted by molar-refractivity contribution is -0.137. The predicted molar refractivity (Wildman–Crippen MR) is 106 cm³/mol. The molecule has 0 aromatic heterocycles. The minimum Gasteiger partial charge on any atom is -0.496 e. The second-order valence-corrected chi connectivity index (χ2v) is 8.54. The van der Waals surface area contributed by atoms with Crippen LogP contribution in [0.25, 0.3) is 0 Å². The number of carbonyl (C=O) groups is 2. The van der Waals surface area contributed by atoms with Crippen LogP contribution in [0.1, 0.15) is 44.6 Å². The van der Waals surface area contributed by atoms with Crippen molar-refractivity contribution in [1.82, 2.24) is 15.5 Å². The maximum atomic E-state index is 13.7. The first-order valence-corrected chi connectivity index (χ1v) is 10.1. The van der Waals surface area contributed by atoms with Crippen LogP contribution in [-0.4, -0.2) is 53.9 Å². The molecular formula is C20H27ClFN3O4. The lowest BCUT2D eigenvalue weighted by Crippen LogP contribution is -2.50. The van der Waals surface area contributed by atoms with Crippen molar-refractivity contribution >= 4 is 23.5 Å². The minimum atomic E-state index is -1.04. The number of methoxy groups -OCH3 is 1. The van der Waals surface area contributed by atoms with Gasteiger partial charge in [0.25, 0.3) is 0 Å². The topological polar surface area (TPSA) is 90.9 Å². The fourth-order valence-corrected chi connectivity index (χ4v) is 4.47. The zero-order valence-corrected chi connectivity index (χ0v) is 17.6. The highest BCUT2D eigenvalue weighted by atomic mass is 35.5. The Labute approximate surface area is 174 Å². The summed E-state index contributed by atoms with van der Waals surface area (Å²) >= 11 is 5.95. The first kappa shape index (κ1) is 21.6. The molecule has 3 rings (SSSR count). The van der Waals surface area contributed by atoms with Crippen molar-refractivity contribution in [2.75, 3.05) is 20.2 Å². The molecule has 2 fully saturated rings. The molecule has 9 heteroatoms. The molecule has 7 nitrogen and oxygen atoms in total. The van der Waals surface area contributed by atoms with E-state index in [-0.39, 0.29) is 22.8 Å². The molecule has 2 aliphatic rings. The largest absolute Gasteiger partial charge is 0.496 e. The van der Waals surface area contributed by atoms with Gasteiger partial charge in [-0.1, -0.05) is 18.5 Å². The molecule has 0 saturated carbocycles. The molecule has 2 heterocycles. The summed E-state index contributed by atoms with van der Waals surface area (Å²) < 4.78 is 19.0. The van der Waals surface area contributed by atoms with Crippen LogP contribution in [0.2, 0.25) is 5.02 Å². The van der Waals surface area contributed by atoms with Crippen molar-refractivity contribution in [3.05, 3.63) is 28.5 Å². The van der Waals surface area contributed by atoms with E-state index in [1.54, 1.807) is 24.8 Å². The highest BCUT2D eigenvalue weighted by Crippen LogP contribution is 2.37. The molecule has 3 atom stereocenters. The molecule has 0 bridgehead atoms. The molecule has 2 saturated heterocycles. The summed E-state index contributed by atoms with van der Waals surface area (Å²) in [4.78, 5) is 26.2. The number of hydrogen-bond donors (Lipinski definition) is 3. The lowest BCUT2D eigenvalue weighted by Gasteiger charge is -2.36. The van der Waals surface area contributed by atoms with Gasteiger partial charge >= 0.3 is 6.03 Å².